The summed E-state index contributed by atoms with van der Waals surface area (Å²) in [5, 5.41) is 0. The predicted molar refractivity (Wildman–Crippen MR) is 114 cm³/mol. The molecule has 0 bridgehead atoms. The van der Waals surface area contributed by atoms with Crippen molar-refractivity contribution in [1.29, 1.82) is 0 Å². The van der Waals surface area contributed by atoms with Crippen molar-refractivity contribution in [2.75, 3.05) is 11.4 Å². The summed E-state index contributed by atoms with van der Waals surface area (Å²) in [4.78, 5) is 3.18. The van der Waals surface area contributed by atoms with Gasteiger partial charge in [-0.05, 0) is 55.3 Å². The first-order valence-electron chi connectivity index (χ1n) is 8.88. The molecule has 0 atom stereocenters. The van der Waals surface area contributed by atoms with Crippen LogP contribution in [0, 0.1) is 25.6 Å². The molecule has 5 nitrogen and oxygen atoms in total. The van der Waals surface area contributed by atoms with Gasteiger partial charge in [-0.2, -0.15) is 4.39 Å². The molecule has 0 unspecified atom stereocenters. The fourth-order valence-corrected chi connectivity index (χ4v) is 4.75. The Morgan fingerprint density at radius 1 is 1.10 bits per heavy atom. The fourth-order valence-electron chi connectivity index (χ4n) is 2.91. The van der Waals surface area contributed by atoms with E-state index in [0.29, 0.717) is 21.3 Å². The van der Waals surface area contributed by atoms with Crippen molar-refractivity contribution in [3.05, 3.63) is 81.5 Å². The molecule has 0 aliphatic carbocycles. The maximum Gasteiger partial charge on any atom is 0.268 e. The minimum atomic E-state index is -4.42. The number of nitrogens with zero attached hydrogens (tertiary/aromatic N) is 2. The van der Waals surface area contributed by atoms with Crippen molar-refractivity contribution in [3.63, 3.8) is 0 Å². The first-order chi connectivity index (χ1) is 14.1. The molecule has 2 aromatic carbocycles. The molecule has 30 heavy (non-hydrogen) atoms. The zero-order valence-electron chi connectivity index (χ0n) is 16.5. The monoisotopic (exact) mass is 496 g/mol. The van der Waals surface area contributed by atoms with Gasteiger partial charge in [-0.3, -0.25) is 0 Å². The second-order valence-electron chi connectivity index (χ2n) is 6.68. The molecule has 0 N–H and O–H groups in total. The molecule has 0 spiro atoms. The first kappa shape index (κ1) is 22.2. The lowest BCUT2D eigenvalue weighted by molar-refractivity contribution is 0.409. The van der Waals surface area contributed by atoms with Crippen LogP contribution >= 0.6 is 15.9 Å². The van der Waals surface area contributed by atoms with Crippen LogP contribution in [0.25, 0.3) is 0 Å². The summed E-state index contributed by atoms with van der Waals surface area (Å²) < 4.78 is 62.1. The molecule has 0 aliphatic heterocycles. The Balaban J connectivity index is 2.19. The van der Waals surface area contributed by atoms with E-state index in [1.807, 2.05) is 6.92 Å². The standard InChI is InChI=1S/C21H19BrF2N2O3S/c1-13-7-8-15(18(9-13)29-3)12-26(21-6-4-5-20(24)25-21)30(27,28)19-10-14(2)16(22)11-17(19)23/h4-11H,12H2,1-3H3. The number of ether oxygens (including phenoxy) is 1. The van der Waals surface area contributed by atoms with Crippen LogP contribution in [0.5, 0.6) is 5.75 Å². The van der Waals surface area contributed by atoms with Gasteiger partial charge in [-0.15, -0.1) is 0 Å². The van der Waals surface area contributed by atoms with E-state index in [4.69, 9.17) is 4.74 Å². The average Bonchev–Trinajstić information content (AvgIpc) is 2.69. The number of aromatic nitrogens is 1. The van der Waals surface area contributed by atoms with Crippen LogP contribution in [0.4, 0.5) is 14.6 Å². The van der Waals surface area contributed by atoms with Crippen LogP contribution in [0.1, 0.15) is 16.7 Å². The zero-order valence-corrected chi connectivity index (χ0v) is 18.9. The minimum absolute atomic E-state index is 0.169. The summed E-state index contributed by atoms with van der Waals surface area (Å²) in [5.41, 5.74) is 1.98. The van der Waals surface area contributed by atoms with Gasteiger partial charge in [-0.1, -0.05) is 34.1 Å². The number of methoxy groups -OCH3 is 1. The van der Waals surface area contributed by atoms with Crippen molar-refractivity contribution >= 4 is 31.8 Å². The number of aryl methyl sites for hydroxylation is 2. The Morgan fingerprint density at radius 2 is 1.83 bits per heavy atom. The van der Waals surface area contributed by atoms with Gasteiger partial charge in [-0.25, -0.2) is 22.1 Å². The summed E-state index contributed by atoms with van der Waals surface area (Å²) in [6, 6.07) is 11.4. The van der Waals surface area contributed by atoms with Gasteiger partial charge in [0.25, 0.3) is 10.0 Å². The van der Waals surface area contributed by atoms with Gasteiger partial charge >= 0.3 is 0 Å². The summed E-state index contributed by atoms with van der Waals surface area (Å²) in [6.45, 7) is 3.29. The number of halogens is 3. The van der Waals surface area contributed by atoms with Crippen LogP contribution in [-0.4, -0.2) is 20.5 Å². The first-order valence-corrected chi connectivity index (χ1v) is 11.1. The molecule has 0 saturated carbocycles. The lowest BCUT2D eigenvalue weighted by Crippen LogP contribution is -2.32. The Kier molecular flexibility index (Phi) is 6.42. The zero-order chi connectivity index (χ0) is 22.1. The van der Waals surface area contributed by atoms with Crippen molar-refractivity contribution < 1.29 is 21.9 Å². The van der Waals surface area contributed by atoms with E-state index in [-0.39, 0.29) is 12.4 Å². The molecular weight excluding hydrogens is 478 g/mol. The molecule has 3 aromatic rings. The summed E-state index contributed by atoms with van der Waals surface area (Å²) in [7, 11) is -2.95. The van der Waals surface area contributed by atoms with E-state index in [2.05, 4.69) is 20.9 Å². The van der Waals surface area contributed by atoms with Crippen molar-refractivity contribution in [2.24, 2.45) is 0 Å². The third kappa shape index (κ3) is 4.46. The number of sulfonamides is 1. The van der Waals surface area contributed by atoms with Gasteiger partial charge in [0.05, 0.1) is 13.7 Å². The Morgan fingerprint density at radius 3 is 2.50 bits per heavy atom. The van der Waals surface area contributed by atoms with E-state index in [9.17, 15) is 17.2 Å². The molecule has 1 aromatic heterocycles. The molecule has 9 heteroatoms. The van der Waals surface area contributed by atoms with Gasteiger partial charge in [0.15, 0.2) is 0 Å². The molecule has 0 amide bonds. The van der Waals surface area contributed by atoms with Crippen LogP contribution in [0.15, 0.2) is 57.9 Å². The highest BCUT2D eigenvalue weighted by atomic mass is 79.9. The lowest BCUT2D eigenvalue weighted by Gasteiger charge is -2.25. The van der Waals surface area contributed by atoms with Gasteiger partial charge < -0.3 is 4.74 Å². The SMILES string of the molecule is COc1cc(C)ccc1CN(c1cccc(F)n1)S(=O)(=O)c1cc(C)c(Br)cc1F. The number of rotatable bonds is 6. The van der Waals surface area contributed by atoms with Gasteiger partial charge in [0.1, 0.15) is 22.3 Å². The normalized spacial score (nSPS) is 11.4. The Hall–Kier alpha value is -2.52. The smallest absolute Gasteiger partial charge is 0.268 e. The topological polar surface area (TPSA) is 59.5 Å². The molecule has 158 valence electrons. The summed E-state index contributed by atoms with van der Waals surface area (Å²) in [5.74, 6) is -1.49. The number of benzene rings is 2. The predicted octanol–water partition coefficient (Wildman–Crippen LogP) is 5.14. The molecule has 0 aliphatic rings. The van der Waals surface area contributed by atoms with Crippen LogP contribution in [0.3, 0.4) is 0 Å². The second kappa shape index (κ2) is 8.69. The van der Waals surface area contributed by atoms with Crippen molar-refractivity contribution in [3.8, 4) is 5.75 Å². The molecule has 1 heterocycles. The van der Waals surface area contributed by atoms with E-state index >= 15 is 0 Å². The van der Waals surface area contributed by atoms with Crippen LogP contribution in [-0.2, 0) is 16.6 Å². The molecule has 0 radical (unpaired) electrons. The van der Waals surface area contributed by atoms with Gasteiger partial charge in [0, 0.05) is 10.0 Å². The van der Waals surface area contributed by atoms with E-state index in [0.717, 1.165) is 22.0 Å². The number of anilines is 1. The van der Waals surface area contributed by atoms with E-state index < -0.39 is 26.7 Å². The number of pyridine rings is 1. The highest BCUT2D eigenvalue weighted by Crippen LogP contribution is 2.31. The van der Waals surface area contributed by atoms with Crippen molar-refractivity contribution in [1.82, 2.24) is 4.98 Å². The summed E-state index contributed by atoms with van der Waals surface area (Å²) in [6.07, 6.45) is 0. The quantitative estimate of drug-likeness (QED) is 0.443. The summed E-state index contributed by atoms with van der Waals surface area (Å²) >= 11 is 3.19. The minimum Gasteiger partial charge on any atom is -0.496 e. The van der Waals surface area contributed by atoms with Gasteiger partial charge in [0.2, 0.25) is 5.95 Å². The molecule has 3 rings (SSSR count). The molecule has 0 saturated heterocycles. The molecular formula is C21H19BrF2N2O3S. The fraction of sp³-hybridized carbons (Fsp3) is 0.190. The average molecular weight is 497 g/mol. The maximum atomic E-state index is 14.7. The Labute approximate surface area is 182 Å². The maximum absolute atomic E-state index is 14.7. The van der Waals surface area contributed by atoms with Crippen LogP contribution < -0.4 is 9.04 Å². The van der Waals surface area contributed by atoms with E-state index in [1.165, 1.54) is 25.3 Å². The Bertz CT molecular complexity index is 1200. The lowest BCUT2D eigenvalue weighted by atomic mass is 10.1. The number of hydrogen-bond donors (Lipinski definition) is 0. The second-order valence-corrected chi connectivity index (χ2v) is 9.36. The largest absolute Gasteiger partial charge is 0.496 e. The molecule has 0 fully saturated rings. The third-order valence-electron chi connectivity index (χ3n) is 4.49. The number of hydrogen-bond acceptors (Lipinski definition) is 4. The van der Waals surface area contributed by atoms with Crippen molar-refractivity contribution in [2.45, 2.75) is 25.3 Å². The van der Waals surface area contributed by atoms with E-state index in [1.54, 1.807) is 25.1 Å². The van der Waals surface area contributed by atoms with Crippen LogP contribution in [0.2, 0.25) is 0 Å². The highest BCUT2D eigenvalue weighted by Gasteiger charge is 2.30. The third-order valence-corrected chi connectivity index (χ3v) is 7.11. The highest BCUT2D eigenvalue weighted by molar-refractivity contribution is 9.10.